The van der Waals surface area contributed by atoms with Crippen LogP contribution in [0.1, 0.15) is 15.9 Å². The summed E-state index contributed by atoms with van der Waals surface area (Å²) in [6.07, 6.45) is -0.0860. The van der Waals surface area contributed by atoms with E-state index >= 15 is 0 Å². The number of sulfone groups is 1. The van der Waals surface area contributed by atoms with Crippen LogP contribution in [-0.2, 0) is 21.1 Å². The Hall–Kier alpha value is -4.38. The van der Waals surface area contributed by atoms with Crippen molar-refractivity contribution in [1.82, 2.24) is 5.32 Å². The van der Waals surface area contributed by atoms with E-state index in [1.54, 1.807) is 66.7 Å². The number of carboxylic acids is 1. The molecule has 4 N–H and O–H groups in total. The molecule has 3 amide bonds. The minimum absolute atomic E-state index is 0.00305. The normalized spacial score (nSPS) is 11.8. The molecule has 0 aliphatic carbocycles. The lowest BCUT2D eigenvalue weighted by atomic mass is 10.1. The van der Waals surface area contributed by atoms with E-state index in [2.05, 4.69) is 16.0 Å². The maximum absolute atomic E-state index is 13.1. The first-order chi connectivity index (χ1) is 19.6. The van der Waals surface area contributed by atoms with Crippen LogP contribution in [0.5, 0.6) is 0 Å². The molecule has 1 unspecified atom stereocenters. The van der Waals surface area contributed by atoms with Gasteiger partial charge < -0.3 is 21.1 Å². The number of carbonyl (C=O) groups excluding carboxylic acids is 2. The van der Waals surface area contributed by atoms with Crippen molar-refractivity contribution in [3.63, 3.8) is 0 Å². The maximum Gasteiger partial charge on any atom is 0.326 e. The monoisotopic (exact) mass is 611 g/mol. The molecule has 0 aliphatic rings. The number of anilines is 2. The Morgan fingerprint density at radius 2 is 1.37 bits per heavy atom. The summed E-state index contributed by atoms with van der Waals surface area (Å²) in [5.74, 6) is -1.80. The SMILES string of the molecule is O=C(Nc1ccccc1S(=O)(=O)c1ccccc1)NC(Cc1ccc(NC(=O)c2c(Cl)cccc2Cl)cc1)C(=O)O. The van der Waals surface area contributed by atoms with Crippen LogP contribution in [0.2, 0.25) is 10.0 Å². The molecule has 0 saturated heterocycles. The number of halogens is 2. The van der Waals surface area contributed by atoms with Crippen LogP contribution in [0, 0.1) is 0 Å². The highest BCUT2D eigenvalue weighted by molar-refractivity contribution is 7.91. The van der Waals surface area contributed by atoms with E-state index in [0.717, 1.165) is 0 Å². The van der Waals surface area contributed by atoms with E-state index in [4.69, 9.17) is 23.2 Å². The first-order valence-corrected chi connectivity index (χ1v) is 14.3. The second-order valence-corrected chi connectivity index (χ2v) is 11.5. The number of carbonyl (C=O) groups is 3. The summed E-state index contributed by atoms with van der Waals surface area (Å²) in [5.41, 5.74) is 1.10. The Labute approximate surface area is 246 Å². The van der Waals surface area contributed by atoms with Crippen molar-refractivity contribution in [2.24, 2.45) is 0 Å². The Balaban J connectivity index is 1.43. The smallest absolute Gasteiger partial charge is 0.326 e. The summed E-state index contributed by atoms with van der Waals surface area (Å²) >= 11 is 12.2. The van der Waals surface area contributed by atoms with Crippen molar-refractivity contribution >= 4 is 62.3 Å². The molecule has 0 heterocycles. The molecule has 4 rings (SSSR count). The highest BCUT2D eigenvalue weighted by Crippen LogP contribution is 2.28. The Morgan fingerprint density at radius 3 is 2.00 bits per heavy atom. The van der Waals surface area contributed by atoms with E-state index in [1.807, 2.05) is 0 Å². The van der Waals surface area contributed by atoms with Crippen molar-refractivity contribution in [3.8, 4) is 0 Å². The van der Waals surface area contributed by atoms with Crippen molar-refractivity contribution in [1.29, 1.82) is 0 Å². The van der Waals surface area contributed by atoms with Gasteiger partial charge in [-0.1, -0.05) is 71.7 Å². The summed E-state index contributed by atoms with van der Waals surface area (Å²) in [7, 11) is -3.95. The predicted octanol–water partition coefficient (Wildman–Crippen LogP) is 5.90. The molecule has 9 nitrogen and oxygen atoms in total. The highest BCUT2D eigenvalue weighted by Gasteiger charge is 2.24. The van der Waals surface area contributed by atoms with Gasteiger partial charge in [0, 0.05) is 12.1 Å². The van der Waals surface area contributed by atoms with Gasteiger partial charge in [-0.2, -0.15) is 0 Å². The summed E-state index contributed by atoms with van der Waals surface area (Å²) in [4.78, 5) is 37.2. The number of carboxylic acid groups (broad SMARTS) is 1. The van der Waals surface area contributed by atoms with Crippen molar-refractivity contribution in [3.05, 3.63) is 118 Å². The fraction of sp³-hybridized carbons (Fsp3) is 0.0690. The predicted molar refractivity (Wildman–Crippen MR) is 156 cm³/mol. The van der Waals surface area contributed by atoms with E-state index in [-0.39, 0.29) is 37.5 Å². The van der Waals surface area contributed by atoms with E-state index in [9.17, 15) is 27.9 Å². The average Bonchev–Trinajstić information content (AvgIpc) is 2.94. The first kappa shape index (κ1) is 29.6. The van der Waals surface area contributed by atoms with Gasteiger partial charge in [0.1, 0.15) is 6.04 Å². The number of hydrogen-bond donors (Lipinski definition) is 4. The summed E-state index contributed by atoms with van der Waals surface area (Å²) in [6, 6.07) is 22.4. The molecule has 0 bridgehead atoms. The molecule has 4 aromatic carbocycles. The lowest BCUT2D eigenvalue weighted by molar-refractivity contribution is -0.139. The van der Waals surface area contributed by atoms with E-state index in [1.165, 1.54) is 30.3 Å². The van der Waals surface area contributed by atoms with Crippen molar-refractivity contribution in [2.45, 2.75) is 22.3 Å². The molecule has 1 atom stereocenters. The topological polar surface area (TPSA) is 142 Å². The zero-order chi connectivity index (χ0) is 29.6. The Morgan fingerprint density at radius 1 is 0.756 bits per heavy atom. The van der Waals surface area contributed by atoms with Gasteiger partial charge in [-0.15, -0.1) is 0 Å². The van der Waals surface area contributed by atoms with Crippen LogP contribution in [-0.4, -0.2) is 37.5 Å². The first-order valence-electron chi connectivity index (χ1n) is 12.1. The molecule has 12 heteroatoms. The third kappa shape index (κ3) is 7.23. The lowest BCUT2D eigenvalue weighted by Gasteiger charge is -2.17. The molecule has 0 saturated carbocycles. The second kappa shape index (κ2) is 12.9. The highest BCUT2D eigenvalue weighted by atomic mass is 35.5. The number of nitrogens with one attached hydrogen (secondary N) is 3. The molecule has 0 radical (unpaired) electrons. The number of hydrogen-bond acceptors (Lipinski definition) is 5. The number of aliphatic carboxylic acids is 1. The molecule has 0 aliphatic heterocycles. The molecule has 210 valence electrons. The maximum atomic E-state index is 13.1. The standard InChI is InChI=1S/C29H23Cl2N3O6S/c30-21-9-6-10-22(31)26(21)27(35)32-19-15-13-18(14-16-19)17-24(28(36)37)34-29(38)33-23-11-4-5-12-25(23)41(39,40)20-7-2-1-3-8-20/h1-16,24H,17H2,(H,32,35)(H,36,37)(H2,33,34,38). The summed E-state index contributed by atoms with van der Waals surface area (Å²) < 4.78 is 26.2. The fourth-order valence-electron chi connectivity index (χ4n) is 3.92. The molecule has 0 spiro atoms. The quantitative estimate of drug-likeness (QED) is 0.186. The van der Waals surface area contributed by atoms with Gasteiger partial charge in [-0.3, -0.25) is 4.79 Å². The largest absolute Gasteiger partial charge is 0.480 e. The minimum atomic E-state index is -3.95. The van der Waals surface area contributed by atoms with E-state index < -0.39 is 33.8 Å². The van der Waals surface area contributed by atoms with Crippen LogP contribution in [0.25, 0.3) is 0 Å². The fourth-order valence-corrected chi connectivity index (χ4v) is 5.92. The van der Waals surface area contributed by atoms with E-state index in [0.29, 0.717) is 11.3 Å². The molecule has 4 aromatic rings. The van der Waals surface area contributed by atoms with Crippen molar-refractivity contribution < 1.29 is 27.9 Å². The summed E-state index contributed by atoms with van der Waals surface area (Å²) in [6.45, 7) is 0. The Bertz CT molecular complexity index is 1680. The van der Waals surface area contributed by atoms with Gasteiger partial charge in [0.05, 0.1) is 31.1 Å². The van der Waals surface area contributed by atoms with Crippen molar-refractivity contribution in [2.75, 3.05) is 10.6 Å². The number of urea groups is 1. The number of rotatable bonds is 9. The molecular weight excluding hydrogens is 589 g/mol. The van der Waals surface area contributed by atoms with Crippen LogP contribution in [0.3, 0.4) is 0 Å². The molecule has 41 heavy (non-hydrogen) atoms. The van der Waals surface area contributed by atoms with Crippen LogP contribution >= 0.6 is 23.2 Å². The van der Waals surface area contributed by atoms with Gasteiger partial charge in [0.2, 0.25) is 9.84 Å². The van der Waals surface area contributed by atoms with Gasteiger partial charge in [0.25, 0.3) is 5.91 Å². The van der Waals surface area contributed by atoms with Gasteiger partial charge in [-0.25, -0.2) is 18.0 Å². The number of benzene rings is 4. The number of amides is 3. The number of para-hydroxylation sites is 1. The molecule has 0 fully saturated rings. The van der Waals surface area contributed by atoms with Crippen LogP contribution < -0.4 is 16.0 Å². The third-order valence-electron chi connectivity index (χ3n) is 5.92. The van der Waals surface area contributed by atoms with Gasteiger partial charge in [-0.05, 0) is 54.1 Å². The van der Waals surface area contributed by atoms with Crippen LogP contribution in [0.15, 0.2) is 107 Å². The third-order valence-corrected chi connectivity index (χ3v) is 8.38. The molecule has 0 aromatic heterocycles. The molecular formula is C29H23Cl2N3O6S. The van der Waals surface area contributed by atoms with Gasteiger partial charge >= 0.3 is 12.0 Å². The average molecular weight is 612 g/mol. The zero-order valence-electron chi connectivity index (χ0n) is 21.2. The minimum Gasteiger partial charge on any atom is -0.480 e. The van der Waals surface area contributed by atoms with Crippen LogP contribution in [0.4, 0.5) is 16.2 Å². The lowest BCUT2D eigenvalue weighted by Crippen LogP contribution is -2.44. The summed E-state index contributed by atoms with van der Waals surface area (Å²) in [5, 5.41) is 17.6. The Kier molecular flexibility index (Phi) is 9.28. The van der Waals surface area contributed by atoms with Gasteiger partial charge in [0.15, 0.2) is 0 Å². The zero-order valence-corrected chi connectivity index (χ0v) is 23.5. The second-order valence-electron chi connectivity index (χ2n) is 8.75.